The summed E-state index contributed by atoms with van der Waals surface area (Å²) in [5.41, 5.74) is 2.02. The minimum Gasteiger partial charge on any atom is -0.478 e. The summed E-state index contributed by atoms with van der Waals surface area (Å²) >= 11 is 6.50. The second-order valence-electron chi connectivity index (χ2n) is 10.5. The Balaban J connectivity index is 1.21. The van der Waals surface area contributed by atoms with Crippen molar-refractivity contribution < 1.29 is 27.9 Å². The molecular formula is C28H27ClF2N2O4. The molecule has 3 atom stereocenters. The first-order valence-corrected chi connectivity index (χ1v) is 12.9. The molecule has 1 aromatic heterocycles. The molecule has 9 heteroatoms. The quantitative estimate of drug-likeness (QED) is 0.373. The lowest BCUT2D eigenvalue weighted by molar-refractivity contribution is 0.0114. The smallest absolute Gasteiger partial charge is 0.338 e. The van der Waals surface area contributed by atoms with E-state index in [2.05, 4.69) is 10.1 Å². The molecule has 2 bridgehead atoms. The van der Waals surface area contributed by atoms with Gasteiger partial charge in [0.2, 0.25) is 0 Å². The largest absolute Gasteiger partial charge is 0.478 e. The number of rotatable bonds is 7. The van der Waals surface area contributed by atoms with Gasteiger partial charge in [0.1, 0.15) is 11.5 Å². The Morgan fingerprint density at radius 2 is 2.05 bits per heavy atom. The summed E-state index contributed by atoms with van der Waals surface area (Å²) in [6, 6.07) is 8.75. The predicted octanol–water partition coefficient (Wildman–Crippen LogP) is 6.59. The lowest BCUT2D eigenvalue weighted by Gasteiger charge is -2.34. The third kappa shape index (κ3) is 4.01. The number of aromatic nitrogens is 1. The Hall–Kier alpha value is -2.97. The third-order valence-corrected chi connectivity index (χ3v) is 8.47. The van der Waals surface area contributed by atoms with E-state index in [1.54, 1.807) is 19.1 Å². The maximum atomic E-state index is 15.2. The van der Waals surface area contributed by atoms with Crippen molar-refractivity contribution in [2.75, 3.05) is 11.4 Å². The number of halogens is 3. The lowest BCUT2D eigenvalue weighted by Crippen LogP contribution is -2.39. The molecule has 6 nitrogen and oxygen atoms in total. The van der Waals surface area contributed by atoms with Crippen LogP contribution in [0.1, 0.15) is 58.5 Å². The van der Waals surface area contributed by atoms with Crippen molar-refractivity contribution in [3.8, 4) is 11.3 Å². The number of ether oxygens (including phenoxy) is 1. The molecule has 2 aromatic carbocycles. The number of nitrogens with zero attached hydrogens (tertiary/aromatic N) is 2. The van der Waals surface area contributed by atoms with E-state index in [1.807, 2.05) is 19.1 Å². The van der Waals surface area contributed by atoms with Crippen LogP contribution in [-0.2, 0) is 17.0 Å². The van der Waals surface area contributed by atoms with E-state index in [9.17, 15) is 14.3 Å². The minimum absolute atomic E-state index is 0.0394. The van der Waals surface area contributed by atoms with E-state index >= 15 is 4.39 Å². The summed E-state index contributed by atoms with van der Waals surface area (Å²) in [7, 11) is 0. The zero-order valence-electron chi connectivity index (χ0n) is 20.6. The number of carbonyl (C=O) groups is 1. The molecule has 0 amide bonds. The van der Waals surface area contributed by atoms with Crippen LogP contribution in [0, 0.1) is 25.6 Å². The SMILES string of the molecule is Cc1cccc(Cl)c1-c1noc(C2(F)CC2)c1CO[C@@H]1C[C@@H]2C[C@H]1CN2c1ccc(C(=O)O)c(F)c1C. The topological polar surface area (TPSA) is 75.8 Å². The summed E-state index contributed by atoms with van der Waals surface area (Å²) in [6.07, 6.45) is 2.40. The van der Waals surface area contributed by atoms with Crippen LogP contribution in [0.3, 0.4) is 0 Å². The number of alkyl halides is 1. The Labute approximate surface area is 218 Å². The average Bonchev–Trinajstić information content (AvgIpc) is 3.19. The highest BCUT2D eigenvalue weighted by Crippen LogP contribution is 2.53. The molecule has 194 valence electrons. The number of carboxylic acid groups (broad SMARTS) is 1. The second kappa shape index (κ2) is 8.81. The molecule has 2 saturated carbocycles. The van der Waals surface area contributed by atoms with Crippen molar-refractivity contribution >= 4 is 23.3 Å². The molecule has 37 heavy (non-hydrogen) atoms. The van der Waals surface area contributed by atoms with Crippen molar-refractivity contribution in [1.82, 2.24) is 5.16 Å². The number of hydrogen-bond acceptors (Lipinski definition) is 5. The fourth-order valence-electron chi connectivity index (χ4n) is 6.01. The highest BCUT2D eigenvalue weighted by Gasteiger charge is 2.51. The lowest BCUT2D eigenvalue weighted by atomic mass is 9.99. The summed E-state index contributed by atoms with van der Waals surface area (Å²) in [5, 5.41) is 14.0. The number of piperidine rings is 1. The molecule has 0 spiro atoms. The molecule has 0 unspecified atom stereocenters. The second-order valence-corrected chi connectivity index (χ2v) is 10.9. The number of aromatic carboxylic acids is 1. The van der Waals surface area contributed by atoms with Crippen molar-refractivity contribution in [3.05, 3.63) is 69.2 Å². The van der Waals surface area contributed by atoms with Gasteiger partial charge in [-0.15, -0.1) is 0 Å². The van der Waals surface area contributed by atoms with Crippen LogP contribution in [0.2, 0.25) is 5.02 Å². The van der Waals surface area contributed by atoms with Gasteiger partial charge in [0.05, 0.1) is 28.9 Å². The Morgan fingerprint density at radius 3 is 2.70 bits per heavy atom. The number of carboxylic acids is 1. The molecule has 3 aliphatic rings. The number of benzene rings is 2. The molecule has 2 heterocycles. The van der Waals surface area contributed by atoms with Crippen LogP contribution in [0.25, 0.3) is 11.3 Å². The zero-order valence-corrected chi connectivity index (χ0v) is 21.3. The fourth-order valence-corrected chi connectivity index (χ4v) is 6.32. The average molecular weight is 529 g/mol. The normalized spacial score (nSPS) is 23.6. The van der Waals surface area contributed by atoms with E-state index in [1.165, 1.54) is 6.07 Å². The minimum atomic E-state index is -1.51. The van der Waals surface area contributed by atoms with Gasteiger partial charge in [-0.1, -0.05) is 28.9 Å². The van der Waals surface area contributed by atoms with Crippen LogP contribution in [0.15, 0.2) is 34.9 Å². The van der Waals surface area contributed by atoms with Crippen LogP contribution >= 0.6 is 11.6 Å². The predicted molar refractivity (Wildman–Crippen MR) is 134 cm³/mol. The first-order chi connectivity index (χ1) is 17.7. The maximum Gasteiger partial charge on any atom is 0.338 e. The summed E-state index contributed by atoms with van der Waals surface area (Å²) in [6.45, 7) is 4.40. The Kier molecular flexibility index (Phi) is 5.80. The molecule has 1 N–H and O–H groups in total. The Bertz CT molecular complexity index is 1380. The molecule has 0 radical (unpaired) electrons. The Morgan fingerprint density at radius 1 is 1.27 bits per heavy atom. The van der Waals surface area contributed by atoms with Crippen LogP contribution < -0.4 is 4.90 Å². The summed E-state index contributed by atoms with van der Waals surface area (Å²) < 4.78 is 41.7. The molecule has 3 aromatic rings. The van der Waals surface area contributed by atoms with E-state index in [0.29, 0.717) is 41.2 Å². The van der Waals surface area contributed by atoms with E-state index in [-0.39, 0.29) is 36.0 Å². The molecular weight excluding hydrogens is 502 g/mol. The summed E-state index contributed by atoms with van der Waals surface area (Å²) in [5.74, 6) is -1.51. The van der Waals surface area contributed by atoms with E-state index in [0.717, 1.165) is 29.7 Å². The first kappa shape index (κ1) is 24.4. The number of aryl methyl sites for hydroxylation is 1. The fraction of sp³-hybridized carbons (Fsp3) is 0.429. The van der Waals surface area contributed by atoms with Gasteiger partial charge in [0, 0.05) is 35.3 Å². The van der Waals surface area contributed by atoms with Gasteiger partial charge in [0.25, 0.3) is 0 Å². The molecule has 3 fully saturated rings. The number of hydrogen-bond donors (Lipinski definition) is 1. The standard InChI is InChI=1S/C28H27ClF2N2O4/c1-14-4-3-5-20(29)23(14)25-19(26(37-32-25)28(31)8-9-28)13-36-22-11-17-10-16(22)12-33(17)21-7-6-18(27(34)35)24(30)15(21)2/h3-7,16-17,22H,8-13H2,1-2H3,(H,34,35)/t16-,17-,22+/m0/s1. The highest BCUT2D eigenvalue weighted by molar-refractivity contribution is 6.33. The first-order valence-electron chi connectivity index (χ1n) is 12.5. The van der Waals surface area contributed by atoms with E-state index < -0.39 is 17.5 Å². The zero-order chi connectivity index (χ0) is 26.1. The number of anilines is 1. The van der Waals surface area contributed by atoms with Gasteiger partial charge in [-0.3, -0.25) is 0 Å². The van der Waals surface area contributed by atoms with Gasteiger partial charge < -0.3 is 19.3 Å². The van der Waals surface area contributed by atoms with Gasteiger partial charge in [0.15, 0.2) is 11.4 Å². The third-order valence-electron chi connectivity index (χ3n) is 8.16. The van der Waals surface area contributed by atoms with Crippen molar-refractivity contribution in [3.63, 3.8) is 0 Å². The van der Waals surface area contributed by atoms with Crippen LogP contribution in [-0.4, -0.2) is 34.9 Å². The van der Waals surface area contributed by atoms with Crippen molar-refractivity contribution in [2.45, 2.75) is 64.0 Å². The van der Waals surface area contributed by atoms with Crippen LogP contribution in [0.4, 0.5) is 14.5 Å². The molecule has 1 saturated heterocycles. The maximum absolute atomic E-state index is 15.2. The molecule has 2 aliphatic carbocycles. The molecule has 1 aliphatic heterocycles. The molecule has 6 rings (SSSR count). The van der Waals surface area contributed by atoms with Gasteiger partial charge in [-0.25, -0.2) is 13.6 Å². The van der Waals surface area contributed by atoms with Gasteiger partial charge in [-0.2, -0.15) is 0 Å². The summed E-state index contributed by atoms with van der Waals surface area (Å²) in [4.78, 5) is 13.4. The van der Waals surface area contributed by atoms with Gasteiger partial charge in [-0.05, 0) is 63.3 Å². The van der Waals surface area contributed by atoms with Crippen LogP contribution in [0.5, 0.6) is 0 Å². The highest BCUT2D eigenvalue weighted by atomic mass is 35.5. The number of fused-ring (bicyclic) bond motifs is 2. The van der Waals surface area contributed by atoms with Gasteiger partial charge >= 0.3 is 5.97 Å². The van der Waals surface area contributed by atoms with Crippen molar-refractivity contribution in [2.24, 2.45) is 5.92 Å². The van der Waals surface area contributed by atoms with Crippen molar-refractivity contribution in [1.29, 1.82) is 0 Å². The monoisotopic (exact) mass is 528 g/mol. The van der Waals surface area contributed by atoms with E-state index in [4.69, 9.17) is 20.9 Å².